The average molecular weight is 232 g/mol. The highest BCUT2D eigenvalue weighted by Gasteiger charge is 2.08. The summed E-state index contributed by atoms with van der Waals surface area (Å²) in [4.78, 5) is 1.11. The fraction of sp³-hybridized carbons (Fsp3) is 0.308. The summed E-state index contributed by atoms with van der Waals surface area (Å²) in [6.07, 6.45) is 3.69. The van der Waals surface area contributed by atoms with Gasteiger partial charge in [-0.15, -0.1) is 11.8 Å². The van der Waals surface area contributed by atoms with E-state index in [1.807, 2.05) is 37.4 Å². The molecule has 1 rings (SSSR count). The predicted octanol–water partition coefficient (Wildman–Crippen LogP) is 3.40. The molecule has 84 valence electrons. The molecule has 2 nitrogen and oxygen atoms in total. The van der Waals surface area contributed by atoms with Crippen molar-refractivity contribution < 1.29 is 0 Å². The van der Waals surface area contributed by atoms with Gasteiger partial charge < -0.3 is 5.73 Å². The van der Waals surface area contributed by atoms with E-state index in [4.69, 9.17) is 11.0 Å². The van der Waals surface area contributed by atoms with Gasteiger partial charge in [0.1, 0.15) is 0 Å². The maximum absolute atomic E-state index is 9.06. The molecule has 2 N–H and O–H groups in total. The van der Waals surface area contributed by atoms with Crippen LogP contribution in [0.25, 0.3) is 5.70 Å². The molecule has 3 heteroatoms. The number of hydrogen-bond acceptors (Lipinski definition) is 3. The van der Waals surface area contributed by atoms with Crippen LogP contribution in [0.15, 0.2) is 34.7 Å². The van der Waals surface area contributed by atoms with Crippen molar-refractivity contribution in [3.8, 4) is 6.07 Å². The number of rotatable bonds is 4. The minimum Gasteiger partial charge on any atom is -0.397 e. The SMILES string of the molecule is CCC/C(C#N)=C(/N)c1ccccc1SC. The van der Waals surface area contributed by atoms with Crippen LogP contribution in [0.3, 0.4) is 0 Å². The van der Waals surface area contributed by atoms with Gasteiger partial charge in [0, 0.05) is 10.5 Å². The summed E-state index contributed by atoms with van der Waals surface area (Å²) < 4.78 is 0. The molecule has 0 spiro atoms. The van der Waals surface area contributed by atoms with E-state index < -0.39 is 0 Å². The number of nitrogens with two attached hydrogens (primary N) is 1. The van der Waals surface area contributed by atoms with Crippen LogP contribution in [0.1, 0.15) is 25.3 Å². The second kappa shape index (κ2) is 6.24. The molecular formula is C13H16N2S. The van der Waals surface area contributed by atoms with Gasteiger partial charge in [-0.05, 0) is 18.7 Å². The summed E-state index contributed by atoms with van der Waals surface area (Å²) in [5, 5.41) is 9.06. The molecule has 16 heavy (non-hydrogen) atoms. The van der Waals surface area contributed by atoms with Crippen LogP contribution in [-0.2, 0) is 0 Å². The zero-order chi connectivity index (χ0) is 12.0. The van der Waals surface area contributed by atoms with Crippen LogP contribution in [0, 0.1) is 11.3 Å². The van der Waals surface area contributed by atoms with E-state index in [-0.39, 0.29) is 0 Å². The van der Waals surface area contributed by atoms with Gasteiger partial charge in [0.2, 0.25) is 0 Å². The smallest absolute Gasteiger partial charge is 0.0968 e. The number of benzene rings is 1. The van der Waals surface area contributed by atoms with Crippen LogP contribution in [-0.4, -0.2) is 6.26 Å². The number of allylic oxidation sites excluding steroid dienone is 1. The molecule has 1 aromatic rings. The van der Waals surface area contributed by atoms with Crippen LogP contribution >= 0.6 is 11.8 Å². The summed E-state index contributed by atoms with van der Waals surface area (Å²) in [7, 11) is 0. The van der Waals surface area contributed by atoms with Crippen molar-refractivity contribution in [1.82, 2.24) is 0 Å². The van der Waals surface area contributed by atoms with Gasteiger partial charge in [-0.3, -0.25) is 0 Å². The molecule has 0 aliphatic heterocycles. The molecule has 0 aliphatic rings. The normalized spacial score (nSPS) is 11.8. The van der Waals surface area contributed by atoms with Crippen molar-refractivity contribution in [1.29, 1.82) is 5.26 Å². The third-order valence-corrected chi connectivity index (χ3v) is 3.15. The van der Waals surface area contributed by atoms with Crippen LogP contribution in [0.4, 0.5) is 0 Å². The van der Waals surface area contributed by atoms with Gasteiger partial charge in [-0.25, -0.2) is 0 Å². The van der Waals surface area contributed by atoms with Crippen LogP contribution < -0.4 is 5.73 Å². The van der Waals surface area contributed by atoms with Crippen molar-refractivity contribution in [2.24, 2.45) is 5.73 Å². The first-order valence-electron chi connectivity index (χ1n) is 5.26. The van der Waals surface area contributed by atoms with Crippen molar-refractivity contribution in [2.45, 2.75) is 24.7 Å². The van der Waals surface area contributed by atoms with E-state index in [9.17, 15) is 0 Å². The second-order valence-electron chi connectivity index (χ2n) is 3.45. The zero-order valence-corrected chi connectivity index (χ0v) is 10.5. The molecule has 0 saturated heterocycles. The highest BCUT2D eigenvalue weighted by Crippen LogP contribution is 2.26. The maximum Gasteiger partial charge on any atom is 0.0968 e. The summed E-state index contributed by atoms with van der Waals surface area (Å²) in [6, 6.07) is 10.1. The average Bonchev–Trinajstić information content (AvgIpc) is 2.35. The van der Waals surface area contributed by atoms with E-state index in [0.717, 1.165) is 23.3 Å². The predicted molar refractivity (Wildman–Crippen MR) is 69.9 cm³/mol. The quantitative estimate of drug-likeness (QED) is 0.639. The van der Waals surface area contributed by atoms with Crippen molar-refractivity contribution in [3.63, 3.8) is 0 Å². The Morgan fingerprint density at radius 1 is 1.44 bits per heavy atom. The van der Waals surface area contributed by atoms with Crippen molar-refractivity contribution in [2.75, 3.05) is 6.26 Å². The molecule has 0 heterocycles. The van der Waals surface area contributed by atoms with E-state index in [1.165, 1.54) is 0 Å². The first-order valence-corrected chi connectivity index (χ1v) is 6.49. The Balaban J connectivity index is 3.21. The Morgan fingerprint density at radius 3 is 2.69 bits per heavy atom. The van der Waals surface area contributed by atoms with Crippen LogP contribution in [0.2, 0.25) is 0 Å². The topological polar surface area (TPSA) is 49.8 Å². The summed E-state index contributed by atoms with van der Waals surface area (Å²) in [5.41, 5.74) is 8.33. The number of nitrogens with zero attached hydrogens (tertiary/aromatic N) is 1. The van der Waals surface area contributed by atoms with Gasteiger partial charge in [0.25, 0.3) is 0 Å². The summed E-state index contributed by atoms with van der Waals surface area (Å²) in [6.45, 7) is 2.05. The molecule has 0 bridgehead atoms. The highest BCUT2D eigenvalue weighted by molar-refractivity contribution is 7.98. The third kappa shape index (κ3) is 2.80. The lowest BCUT2D eigenvalue weighted by Crippen LogP contribution is -2.02. The summed E-state index contributed by atoms with van der Waals surface area (Å²) in [5.74, 6) is 0. The molecule has 0 radical (unpaired) electrons. The lowest BCUT2D eigenvalue weighted by Gasteiger charge is -2.09. The van der Waals surface area contributed by atoms with Crippen molar-refractivity contribution >= 4 is 17.5 Å². The molecule has 0 aromatic heterocycles. The first kappa shape index (κ1) is 12.7. The number of hydrogen-bond donors (Lipinski definition) is 1. The molecule has 0 aliphatic carbocycles. The fourth-order valence-corrected chi connectivity index (χ4v) is 2.14. The zero-order valence-electron chi connectivity index (χ0n) is 9.66. The number of nitriles is 1. The monoisotopic (exact) mass is 232 g/mol. The van der Waals surface area contributed by atoms with E-state index in [1.54, 1.807) is 11.8 Å². The molecule has 0 saturated carbocycles. The Labute approximate surface area is 101 Å². The highest BCUT2D eigenvalue weighted by atomic mass is 32.2. The van der Waals surface area contributed by atoms with Crippen LogP contribution in [0.5, 0.6) is 0 Å². The van der Waals surface area contributed by atoms with Gasteiger partial charge in [0.05, 0.1) is 17.3 Å². The Hall–Kier alpha value is -1.40. The molecule has 1 aromatic carbocycles. The standard InChI is InChI=1S/C13H16N2S/c1-3-6-10(9-14)13(15)11-7-4-5-8-12(11)16-2/h4-5,7-8H,3,6,15H2,1-2H3/b13-10-. The van der Waals surface area contributed by atoms with E-state index >= 15 is 0 Å². The summed E-state index contributed by atoms with van der Waals surface area (Å²) >= 11 is 1.65. The minimum atomic E-state index is 0.620. The van der Waals surface area contributed by atoms with Gasteiger partial charge in [-0.2, -0.15) is 5.26 Å². The van der Waals surface area contributed by atoms with Crippen molar-refractivity contribution in [3.05, 3.63) is 35.4 Å². The third-order valence-electron chi connectivity index (χ3n) is 2.36. The fourth-order valence-electron chi connectivity index (χ4n) is 1.53. The molecule has 0 fully saturated rings. The molecular weight excluding hydrogens is 216 g/mol. The second-order valence-corrected chi connectivity index (χ2v) is 4.30. The van der Waals surface area contributed by atoms with E-state index in [0.29, 0.717) is 11.3 Å². The molecule has 0 unspecified atom stereocenters. The van der Waals surface area contributed by atoms with Gasteiger partial charge in [0.15, 0.2) is 0 Å². The van der Waals surface area contributed by atoms with E-state index in [2.05, 4.69) is 6.07 Å². The Bertz CT molecular complexity index is 430. The Morgan fingerprint density at radius 2 is 2.12 bits per heavy atom. The number of thioether (sulfide) groups is 1. The molecule has 0 atom stereocenters. The maximum atomic E-state index is 9.06. The first-order chi connectivity index (χ1) is 7.74. The molecule has 0 amide bonds. The van der Waals surface area contributed by atoms with Gasteiger partial charge in [-0.1, -0.05) is 31.5 Å². The largest absolute Gasteiger partial charge is 0.397 e. The van der Waals surface area contributed by atoms with Gasteiger partial charge >= 0.3 is 0 Å². The Kier molecular flexibility index (Phi) is 4.94. The lowest BCUT2D eigenvalue weighted by molar-refractivity contribution is 0.928. The minimum absolute atomic E-state index is 0.620. The lowest BCUT2D eigenvalue weighted by atomic mass is 10.0.